The minimum absolute atomic E-state index is 0.0354. The lowest BCUT2D eigenvalue weighted by molar-refractivity contribution is 0.360. The normalized spacial score (nSPS) is 12.6. The minimum Gasteiger partial charge on any atom is -0.449 e. The van der Waals surface area contributed by atoms with Crippen LogP contribution in [0.15, 0.2) is 188 Å². The molecule has 1 N–H and O–H groups in total. The summed E-state index contributed by atoms with van der Waals surface area (Å²) in [5.41, 5.74) is 15.7. The van der Waals surface area contributed by atoms with E-state index >= 15 is 0 Å². The molecule has 9 aromatic carbocycles. The smallest absolute Gasteiger partial charge is 0.199 e. The highest BCUT2D eigenvalue weighted by molar-refractivity contribution is 7.25. The Balaban J connectivity index is 1.09. The van der Waals surface area contributed by atoms with Gasteiger partial charge < -0.3 is 19.7 Å². The van der Waals surface area contributed by atoms with Crippen LogP contribution in [0.5, 0.6) is 23.0 Å². The van der Waals surface area contributed by atoms with Gasteiger partial charge in [0.25, 0.3) is 0 Å². The topological polar surface area (TPSA) is 33.7 Å². The molecule has 0 atom stereocenters. The van der Waals surface area contributed by atoms with Crippen molar-refractivity contribution >= 4 is 78.2 Å². The van der Waals surface area contributed by atoms with E-state index in [1.165, 1.54) is 53.6 Å². The van der Waals surface area contributed by atoms with Crippen LogP contribution in [0.25, 0.3) is 54.2 Å². The molecule has 0 saturated carbocycles. The third-order valence-electron chi connectivity index (χ3n) is 12.7. The van der Waals surface area contributed by atoms with Crippen molar-refractivity contribution in [3.05, 3.63) is 199 Å². The standard InChI is InChI=1S/C59H44BN2O2S/c1-36-29-46(45-34-53-54(64-52-22-14-13-21-51(52)63-53)35-48(45)61-43-26-23-38(24-27-43)37-15-7-5-8-16-37)56-50(30-36)62(49-28-25-42(59(2,3)4)33-44(49)39-17-9-6-10-18-39)58-57(60-56)47-31-40-19-11-12-20-41(40)32-55(47)65-58/h5-35,61H,1-4H3. The van der Waals surface area contributed by atoms with E-state index in [2.05, 4.69) is 209 Å². The first-order valence-electron chi connectivity index (χ1n) is 22.2. The van der Waals surface area contributed by atoms with Gasteiger partial charge in [-0.1, -0.05) is 142 Å². The molecule has 0 aliphatic carbocycles. The van der Waals surface area contributed by atoms with Gasteiger partial charge in [-0.25, -0.2) is 0 Å². The summed E-state index contributed by atoms with van der Waals surface area (Å²) in [4.78, 5) is 2.54. The van der Waals surface area contributed by atoms with Crippen molar-refractivity contribution in [1.29, 1.82) is 0 Å². The highest BCUT2D eigenvalue weighted by atomic mass is 32.1. The first kappa shape index (κ1) is 39.1. The maximum atomic E-state index is 6.65. The molecule has 2 aliphatic heterocycles. The molecule has 10 aromatic rings. The first-order valence-corrected chi connectivity index (χ1v) is 23.0. The fourth-order valence-electron chi connectivity index (χ4n) is 9.41. The summed E-state index contributed by atoms with van der Waals surface area (Å²) in [6.45, 7) is 9.09. The summed E-state index contributed by atoms with van der Waals surface area (Å²) in [7, 11) is 2.43. The molecule has 0 unspecified atom stereocenters. The number of hydrogen-bond donors (Lipinski definition) is 1. The average molecular weight is 856 g/mol. The summed E-state index contributed by atoms with van der Waals surface area (Å²) in [5.74, 6) is 2.72. The lowest BCUT2D eigenvalue weighted by Crippen LogP contribution is -2.40. The molecule has 0 bridgehead atoms. The van der Waals surface area contributed by atoms with Gasteiger partial charge in [0.05, 0.1) is 16.4 Å². The highest BCUT2D eigenvalue weighted by Crippen LogP contribution is 2.52. The van der Waals surface area contributed by atoms with Crippen molar-refractivity contribution in [3.8, 4) is 56.4 Å². The van der Waals surface area contributed by atoms with Crippen molar-refractivity contribution in [3.63, 3.8) is 0 Å². The number of thiophene rings is 1. The van der Waals surface area contributed by atoms with Crippen molar-refractivity contribution in [1.82, 2.24) is 0 Å². The number of nitrogens with zero attached hydrogens (tertiary/aromatic N) is 1. The van der Waals surface area contributed by atoms with Crippen LogP contribution in [0, 0.1) is 6.92 Å². The van der Waals surface area contributed by atoms with Crippen LogP contribution in [0.4, 0.5) is 27.8 Å². The molecule has 3 heterocycles. The number of fused-ring (bicyclic) bond motifs is 7. The van der Waals surface area contributed by atoms with Crippen molar-refractivity contribution in [2.75, 3.05) is 10.2 Å². The van der Waals surface area contributed by atoms with Crippen molar-refractivity contribution < 1.29 is 9.47 Å². The van der Waals surface area contributed by atoms with Gasteiger partial charge in [-0.15, -0.1) is 11.3 Å². The van der Waals surface area contributed by atoms with Gasteiger partial charge in [0, 0.05) is 33.3 Å². The summed E-state index contributed by atoms with van der Waals surface area (Å²) >= 11 is 1.86. The molecule has 6 heteroatoms. The zero-order chi connectivity index (χ0) is 43.8. The maximum Gasteiger partial charge on any atom is 0.199 e. The molecular weight excluding hydrogens is 812 g/mol. The largest absolute Gasteiger partial charge is 0.449 e. The molecule has 311 valence electrons. The average Bonchev–Trinajstić information content (AvgIpc) is 3.68. The second kappa shape index (κ2) is 15.3. The summed E-state index contributed by atoms with van der Waals surface area (Å²) in [5, 5.41) is 8.76. The zero-order valence-corrected chi connectivity index (χ0v) is 37.5. The highest BCUT2D eigenvalue weighted by Gasteiger charge is 2.34. The van der Waals surface area contributed by atoms with Crippen LogP contribution in [-0.2, 0) is 5.41 Å². The fourth-order valence-corrected chi connectivity index (χ4v) is 10.6. The van der Waals surface area contributed by atoms with Crippen LogP contribution in [0.3, 0.4) is 0 Å². The number of hydrogen-bond acceptors (Lipinski definition) is 5. The number of aryl methyl sites for hydroxylation is 1. The monoisotopic (exact) mass is 855 g/mol. The zero-order valence-electron chi connectivity index (χ0n) is 36.6. The van der Waals surface area contributed by atoms with Crippen LogP contribution in [-0.4, -0.2) is 7.28 Å². The van der Waals surface area contributed by atoms with E-state index in [0.29, 0.717) is 23.0 Å². The number of para-hydroxylation sites is 2. The molecule has 4 nitrogen and oxygen atoms in total. The summed E-state index contributed by atoms with van der Waals surface area (Å²) in [6.07, 6.45) is 0. The quantitative estimate of drug-likeness (QED) is 0.169. The lowest BCUT2D eigenvalue weighted by Gasteiger charge is -2.35. The number of benzene rings is 9. The molecule has 2 aliphatic rings. The van der Waals surface area contributed by atoms with Crippen LogP contribution in [0.1, 0.15) is 31.9 Å². The molecule has 1 radical (unpaired) electrons. The van der Waals surface area contributed by atoms with E-state index in [0.717, 1.165) is 50.5 Å². The Labute approximate surface area is 384 Å². The number of rotatable bonds is 6. The summed E-state index contributed by atoms with van der Waals surface area (Å²) in [6, 6.07) is 67.3. The van der Waals surface area contributed by atoms with Gasteiger partial charge in [0.1, 0.15) is 0 Å². The second-order valence-corrected chi connectivity index (χ2v) is 19.2. The van der Waals surface area contributed by atoms with E-state index in [-0.39, 0.29) is 5.41 Å². The summed E-state index contributed by atoms with van der Waals surface area (Å²) < 4.78 is 14.5. The molecule has 0 spiro atoms. The second-order valence-electron chi connectivity index (χ2n) is 18.2. The molecule has 12 rings (SSSR count). The van der Waals surface area contributed by atoms with E-state index in [9.17, 15) is 0 Å². The molecule has 0 saturated heterocycles. The van der Waals surface area contributed by atoms with Gasteiger partial charge in [0.15, 0.2) is 30.3 Å². The van der Waals surface area contributed by atoms with Crippen LogP contribution < -0.4 is 30.6 Å². The Hall–Kier alpha value is -7.54. The van der Waals surface area contributed by atoms with E-state index in [1.807, 2.05) is 35.6 Å². The van der Waals surface area contributed by atoms with E-state index in [1.54, 1.807) is 0 Å². The lowest BCUT2D eigenvalue weighted by atomic mass is 9.58. The van der Waals surface area contributed by atoms with Gasteiger partial charge in [0.2, 0.25) is 0 Å². The van der Waals surface area contributed by atoms with E-state index < -0.39 is 0 Å². The number of anilines is 5. The molecule has 1 aromatic heterocycles. The Morgan fingerprint density at radius 1 is 0.508 bits per heavy atom. The van der Waals surface area contributed by atoms with Gasteiger partial charge in [-0.3, -0.25) is 0 Å². The molecular formula is C59H44BN2O2S. The van der Waals surface area contributed by atoms with Crippen molar-refractivity contribution in [2.24, 2.45) is 0 Å². The molecule has 0 fully saturated rings. The Kier molecular flexibility index (Phi) is 9.22. The fraction of sp³-hybridized carbons (Fsp3) is 0.0847. The van der Waals surface area contributed by atoms with Crippen LogP contribution >= 0.6 is 11.3 Å². The van der Waals surface area contributed by atoms with Crippen LogP contribution in [0.2, 0.25) is 0 Å². The van der Waals surface area contributed by atoms with Gasteiger partial charge >= 0.3 is 0 Å². The Morgan fingerprint density at radius 3 is 1.85 bits per heavy atom. The SMILES string of the molecule is Cc1cc(-c2cc3c(cc2Nc2ccc(-c4ccccc4)cc2)Oc2ccccc2O3)c2c(c1)N(c1ccc(C(C)(C)C)cc1-c1ccccc1)c1sc3cc4ccccc4cc3c1[B]2. The Bertz CT molecular complexity index is 3480. The Morgan fingerprint density at radius 2 is 1.14 bits per heavy atom. The van der Waals surface area contributed by atoms with Gasteiger partial charge in [-0.05, 0) is 133 Å². The van der Waals surface area contributed by atoms with E-state index in [4.69, 9.17) is 9.47 Å². The minimum atomic E-state index is -0.0354. The van der Waals surface area contributed by atoms with Gasteiger partial charge in [-0.2, -0.15) is 0 Å². The number of nitrogens with one attached hydrogen (secondary N) is 1. The third kappa shape index (κ3) is 6.93. The predicted octanol–water partition coefficient (Wildman–Crippen LogP) is 15.7. The molecule has 65 heavy (non-hydrogen) atoms. The van der Waals surface area contributed by atoms with Crippen molar-refractivity contribution in [2.45, 2.75) is 33.1 Å². The predicted molar refractivity (Wildman–Crippen MR) is 275 cm³/mol. The number of ether oxygens (including phenoxy) is 2. The first-order chi connectivity index (χ1) is 31.7. The maximum absolute atomic E-state index is 6.65. The third-order valence-corrected chi connectivity index (χ3v) is 13.9. The molecule has 0 amide bonds.